The molecule has 0 atom stereocenters. The molecule has 3 rings (SSSR count). The third-order valence-electron chi connectivity index (χ3n) is 4.08. The predicted molar refractivity (Wildman–Crippen MR) is 82.4 cm³/mol. The van der Waals surface area contributed by atoms with Crippen LogP contribution in [0.2, 0.25) is 0 Å². The van der Waals surface area contributed by atoms with Gasteiger partial charge in [-0.25, -0.2) is 4.98 Å². The Morgan fingerprint density at radius 3 is 2.90 bits per heavy atom. The number of nitrogens with zero attached hydrogens (tertiary/aromatic N) is 3. The maximum absolute atomic E-state index is 9.25. The molecule has 0 N–H and O–H groups in total. The topological polar surface area (TPSA) is 50.8 Å². The first kappa shape index (κ1) is 14.4. The quantitative estimate of drug-likeness (QED) is 0.815. The lowest BCUT2D eigenvalue weighted by atomic mass is 10.00. The fraction of sp³-hybridized carbons (Fsp3) is 0.500. The Bertz CT molecular complexity index is 668. The van der Waals surface area contributed by atoms with E-state index in [9.17, 15) is 5.26 Å². The molecule has 1 fully saturated rings. The molecule has 1 saturated heterocycles. The highest BCUT2D eigenvalue weighted by Crippen LogP contribution is 2.24. The van der Waals surface area contributed by atoms with Crippen LogP contribution < -0.4 is 0 Å². The van der Waals surface area contributed by atoms with Crippen molar-refractivity contribution < 1.29 is 4.74 Å². The summed E-state index contributed by atoms with van der Waals surface area (Å²) in [6, 6.07) is 8.01. The number of rotatable bonds is 4. The molecule has 2 heterocycles. The molecule has 4 nitrogen and oxygen atoms in total. The zero-order valence-electron chi connectivity index (χ0n) is 11.9. The van der Waals surface area contributed by atoms with Crippen LogP contribution in [-0.2, 0) is 17.7 Å². The van der Waals surface area contributed by atoms with E-state index >= 15 is 0 Å². The van der Waals surface area contributed by atoms with Crippen LogP contribution in [0.1, 0.15) is 24.2 Å². The van der Waals surface area contributed by atoms with Gasteiger partial charge in [0.05, 0.1) is 11.1 Å². The molecule has 0 aliphatic carbocycles. The van der Waals surface area contributed by atoms with Gasteiger partial charge in [-0.3, -0.25) is 0 Å². The number of aromatic nitrogens is 2. The number of aryl methyl sites for hydroxylation is 1. The molecular weight excluding hydrogens is 286 g/mol. The zero-order chi connectivity index (χ0) is 14.7. The van der Waals surface area contributed by atoms with Crippen molar-refractivity contribution in [1.29, 1.82) is 5.26 Å². The average Bonchev–Trinajstić information content (AvgIpc) is 2.87. The van der Waals surface area contributed by atoms with Gasteiger partial charge in [0.25, 0.3) is 0 Å². The Hall–Kier alpha value is -1.57. The van der Waals surface area contributed by atoms with E-state index in [1.165, 1.54) is 0 Å². The van der Waals surface area contributed by atoms with Gasteiger partial charge in [-0.2, -0.15) is 5.26 Å². The molecule has 21 heavy (non-hydrogen) atoms. The molecule has 2 aromatic rings. The van der Waals surface area contributed by atoms with E-state index in [1.807, 2.05) is 18.2 Å². The van der Waals surface area contributed by atoms with E-state index in [2.05, 4.69) is 15.6 Å². The van der Waals surface area contributed by atoms with Crippen molar-refractivity contribution in [2.75, 3.05) is 19.1 Å². The lowest BCUT2D eigenvalue weighted by Gasteiger charge is -2.23. The second kappa shape index (κ2) is 6.46. The van der Waals surface area contributed by atoms with Crippen LogP contribution in [0.3, 0.4) is 0 Å². The molecule has 0 radical (unpaired) electrons. The van der Waals surface area contributed by atoms with Gasteiger partial charge in [0.15, 0.2) is 0 Å². The standard InChI is InChI=1S/C16H18ClN3O/c17-7-4-15-19-16-13(10-18)2-1-3-14(16)20(15)11-12-5-8-21-9-6-12/h1-3,12H,4-9,11H2. The maximum Gasteiger partial charge on any atom is 0.111 e. The van der Waals surface area contributed by atoms with Crippen LogP contribution in [0.5, 0.6) is 0 Å². The monoisotopic (exact) mass is 303 g/mol. The van der Waals surface area contributed by atoms with Gasteiger partial charge in [0.1, 0.15) is 17.4 Å². The van der Waals surface area contributed by atoms with Crippen molar-refractivity contribution in [2.24, 2.45) is 5.92 Å². The Kier molecular flexibility index (Phi) is 4.42. The molecule has 110 valence electrons. The first-order chi connectivity index (χ1) is 10.3. The minimum atomic E-state index is 0.541. The smallest absolute Gasteiger partial charge is 0.111 e. The molecule has 0 spiro atoms. The SMILES string of the molecule is N#Cc1cccc2c1nc(CCCl)n2CC1CCOCC1. The van der Waals surface area contributed by atoms with Crippen molar-refractivity contribution in [3.8, 4) is 6.07 Å². The molecule has 5 heteroatoms. The van der Waals surface area contributed by atoms with E-state index in [4.69, 9.17) is 16.3 Å². The van der Waals surface area contributed by atoms with Gasteiger partial charge in [0.2, 0.25) is 0 Å². The number of hydrogen-bond acceptors (Lipinski definition) is 3. The number of benzene rings is 1. The predicted octanol–water partition coefficient (Wildman–Crippen LogP) is 3.12. The molecule has 1 aliphatic heterocycles. The molecule has 0 bridgehead atoms. The lowest BCUT2D eigenvalue weighted by Crippen LogP contribution is -2.21. The van der Waals surface area contributed by atoms with Gasteiger partial charge in [0, 0.05) is 32.1 Å². The van der Waals surface area contributed by atoms with E-state index in [0.29, 0.717) is 17.4 Å². The fourth-order valence-corrected chi connectivity index (χ4v) is 3.12. The highest BCUT2D eigenvalue weighted by molar-refractivity contribution is 6.17. The van der Waals surface area contributed by atoms with E-state index in [0.717, 1.165) is 55.9 Å². The Labute approximate surface area is 129 Å². The Morgan fingerprint density at radius 1 is 1.38 bits per heavy atom. The highest BCUT2D eigenvalue weighted by atomic mass is 35.5. The van der Waals surface area contributed by atoms with E-state index in [1.54, 1.807) is 0 Å². The van der Waals surface area contributed by atoms with E-state index < -0.39 is 0 Å². The van der Waals surface area contributed by atoms with Crippen LogP contribution in [-0.4, -0.2) is 28.6 Å². The van der Waals surface area contributed by atoms with Gasteiger partial charge < -0.3 is 9.30 Å². The maximum atomic E-state index is 9.25. The number of hydrogen-bond donors (Lipinski definition) is 0. The molecule has 0 amide bonds. The first-order valence-corrected chi connectivity index (χ1v) is 7.89. The summed E-state index contributed by atoms with van der Waals surface area (Å²) in [4.78, 5) is 4.66. The van der Waals surface area contributed by atoms with Crippen LogP contribution in [0.25, 0.3) is 11.0 Å². The zero-order valence-corrected chi connectivity index (χ0v) is 12.6. The van der Waals surface area contributed by atoms with Gasteiger partial charge in [-0.05, 0) is 30.9 Å². The fourth-order valence-electron chi connectivity index (χ4n) is 2.95. The van der Waals surface area contributed by atoms with Crippen LogP contribution in [0.15, 0.2) is 18.2 Å². The summed E-state index contributed by atoms with van der Waals surface area (Å²) in [6.45, 7) is 2.61. The summed E-state index contributed by atoms with van der Waals surface area (Å²) in [5, 5.41) is 9.25. The summed E-state index contributed by atoms with van der Waals surface area (Å²) < 4.78 is 7.68. The van der Waals surface area contributed by atoms with Crippen LogP contribution >= 0.6 is 11.6 Å². The summed E-state index contributed by atoms with van der Waals surface area (Å²) in [5.74, 6) is 2.13. The summed E-state index contributed by atoms with van der Waals surface area (Å²) in [5.41, 5.74) is 2.47. The van der Waals surface area contributed by atoms with Gasteiger partial charge >= 0.3 is 0 Å². The van der Waals surface area contributed by atoms with Crippen molar-refractivity contribution in [3.05, 3.63) is 29.6 Å². The van der Waals surface area contributed by atoms with Crippen molar-refractivity contribution in [3.63, 3.8) is 0 Å². The van der Waals surface area contributed by atoms with Crippen molar-refractivity contribution >= 4 is 22.6 Å². The Morgan fingerprint density at radius 2 is 2.19 bits per heavy atom. The Balaban J connectivity index is 2.01. The first-order valence-electron chi connectivity index (χ1n) is 7.35. The molecule has 1 aromatic carbocycles. The number of para-hydroxylation sites is 1. The molecule has 0 saturated carbocycles. The second-order valence-corrected chi connectivity index (χ2v) is 5.80. The minimum absolute atomic E-state index is 0.541. The van der Waals surface area contributed by atoms with Crippen LogP contribution in [0, 0.1) is 17.2 Å². The minimum Gasteiger partial charge on any atom is -0.381 e. The average molecular weight is 304 g/mol. The third kappa shape index (κ3) is 2.90. The molecule has 1 aliphatic rings. The second-order valence-electron chi connectivity index (χ2n) is 5.42. The van der Waals surface area contributed by atoms with Crippen LogP contribution in [0.4, 0.5) is 0 Å². The number of halogens is 1. The largest absolute Gasteiger partial charge is 0.381 e. The molecular formula is C16H18ClN3O. The summed E-state index contributed by atoms with van der Waals surface area (Å²) >= 11 is 5.91. The number of nitriles is 1. The molecule has 1 aromatic heterocycles. The number of fused-ring (bicyclic) bond motifs is 1. The highest BCUT2D eigenvalue weighted by Gasteiger charge is 2.19. The van der Waals surface area contributed by atoms with Crippen molar-refractivity contribution in [2.45, 2.75) is 25.8 Å². The third-order valence-corrected chi connectivity index (χ3v) is 4.27. The summed E-state index contributed by atoms with van der Waals surface area (Å²) in [7, 11) is 0. The van der Waals surface area contributed by atoms with E-state index in [-0.39, 0.29) is 0 Å². The summed E-state index contributed by atoms with van der Waals surface area (Å²) in [6.07, 6.45) is 2.89. The molecule has 0 unspecified atom stereocenters. The van der Waals surface area contributed by atoms with Crippen molar-refractivity contribution in [1.82, 2.24) is 9.55 Å². The number of ether oxygens (including phenoxy) is 1. The number of imidazole rings is 1. The number of alkyl halides is 1. The van der Waals surface area contributed by atoms with Gasteiger partial charge in [-0.1, -0.05) is 6.07 Å². The lowest BCUT2D eigenvalue weighted by molar-refractivity contribution is 0.0613. The van der Waals surface area contributed by atoms with Gasteiger partial charge in [-0.15, -0.1) is 11.6 Å². The normalized spacial score (nSPS) is 16.2.